The third kappa shape index (κ3) is 2.10. The summed E-state index contributed by atoms with van der Waals surface area (Å²) < 4.78 is 2.70. The molecule has 2 heterocycles. The summed E-state index contributed by atoms with van der Waals surface area (Å²) in [5, 5.41) is 10.8. The summed E-state index contributed by atoms with van der Waals surface area (Å²) >= 11 is 0. The molecule has 0 spiro atoms. The second-order valence-electron chi connectivity index (χ2n) is 4.86. The third-order valence-corrected chi connectivity index (χ3v) is 3.51. The molecule has 0 saturated heterocycles. The van der Waals surface area contributed by atoms with Crippen molar-refractivity contribution in [1.82, 2.24) is 9.36 Å². The standard InChI is InChI=1S/C13H12N4O4/c1-9-6-10(17(20)21)2-3-11(9)14-7-15-12(18)4-5-13(19)16(15)8-14/h2-6H,7-8H2,1H3. The van der Waals surface area contributed by atoms with Crippen LogP contribution in [-0.2, 0) is 13.3 Å². The number of hydrogen-bond acceptors (Lipinski definition) is 5. The van der Waals surface area contributed by atoms with Crippen LogP contribution >= 0.6 is 0 Å². The number of aryl methyl sites for hydroxylation is 1. The summed E-state index contributed by atoms with van der Waals surface area (Å²) in [5.41, 5.74) is 0.990. The number of benzene rings is 1. The van der Waals surface area contributed by atoms with Crippen LogP contribution in [0, 0.1) is 17.0 Å². The van der Waals surface area contributed by atoms with Crippen LogP contribution in [0.4, 0.5) is 11.4 Å². The third-order valence-electron chi connectivity index (χ3n) is 3.51. The lowest BCUT2D eigenvalue weighted by atomic mass is 10.1. The number of hydrogen-bond donors (Lipinski definition) is 0. The van der Waals surface area contributed by atoms with Crippen molar-refractivity contribution in [3.8, 4) is 0 Å². The summed E-state index contributed by atoms with van der Waals surface area (Å²) in [7, 11) is 0. The fourth-order valence-corrected chi connectivity index (χ4v) is 2.47. The Balaban J connectivity index is 2.00. The normalized spacial score (nSPS) is 13.3. The summed E-state index contributed by atoms with van der Waals surface area (Å²) in [6.07, 6.45) is 0. The zero-order valence-corrected chi connectivity index (χ0v) is 11.2. The van der Waals surface area contributed by atoms with Gasteiger partial charge in [-0.3, -0.25) is 19.7 Å². The zero-order chi connectivity index (χ0) is 15.1. The van der Waals surface area contributed by atoms with E-state index in [0.29, 0.717) is 0 Å². The largest absolute Gasteiger partial charge is 0.332 e. The first-order chi connectivity index (χ1) is 9.97. The van der Waals surface area contributed by atoms with Crippen molar-refractivity contribution in [3.05, 3.63) is 66.7 Å². The number of fused-ring (bicyclic) bond motifs is 1. The van der Waals surface area contributed by atoms with Gasteiger partial charge in [0.05, 0.1) is 4.92 Å². The number of nitro groups is 1. The topological polar surface area (TPSA) is 90.4 Å². The van der Waals surface area contributed by atoms with E-state index in [0.717, 1.165) is 11.3 Å². The molecule has 1 aromatic carbocycles. The number of aromatic nitrogens is 2. The van der Waals surface area contributed by atoms with Crippen LogP contribution in [0.3, 0.4) is 0 Å². The highest BCUT2D eigenvalue weighted by Crippen LogP contribution is 2.26. The zero-order valence-electron chi connectivity index (χ0n) is 11.2. The smallest absolute Gasteiger partial charge is 0.269 e. The average Bonchev–Trinajstić information content (AvgIpc) is 2.89. The molecular formula is C13H12N4O4. The molecule has 8 nitrogen and oxygen atoms in total. The van der Waals surface area contributed by atoms with Crippen molar-refractivity contribution >= 4 is 11.4 Å². The van der Waals surface area contributed by atoms with E-state index in [9.17, 15) is 19.7 Å². The van der Waals surface area contributed by atoms with E-state index in [4.69, 9.17) is 0 Å². The van der Waals surface area contributed by atoms with Crippen LogP contribution in [-0.4, -0.2) is 14.3 Å². The molecule has 0 aliphatic carbocycles. The molecule has 1 aliphatic heterocycles. The van der Waals surface area contributed by atoms with Crippen molar-refractivity contribution in [2.24, 2.45) is 0 Å². The minimum atomic E-state index is -0.454. The summed E-state index contributed by atoms with van der Waals surface area (Å²) in [4.78, 5) is 35.6. The molecule has 8 heteroatoms. The molecule has 1 aliphatic rings. The van der Waals surface area contributed by atoms with Crippen LogP contribution in [0.1, 0.15) is 5.56 Å². The van der Waals surface area contributed by atoms with E-state index in [1.165, 1.54) is 33.6 Å². The van der Waals surface area contributed by atoms with Gasteiger partial charge in [-0.05, 0) is 18.6 Å². The lowest BCUT2D eigenvalue weighted by Gasteiger charge is -2.18. The number of nitrogens with zero attached hydrogens (tertiary/aromatic N) is 4. The Morgan fingerprint density at radius 2 is 1.62 bits per heavy atom. The second-order valence-corrected chi connectivity index (χ2v) is 4.86. The molecule has 0 bridgehead atoms. The van der Waals surface area contributed by atoms with Gasteiger partial charge in [0.2, 0.25) is 0 Å². The Morgan fingerprint density at radius 3 is 2.10 bits per heavy atom. The summed E-state index contributed by atoms with van der Waals surface area (Å²) in [6.45, 7) is 2.25. The maximum Gasteiger partial charge on any atom is 0.269 e. The van der Waals surface area contributed by atoms with Crippen molar-refractivity contribution in [3.63, 3.8) is 0 Å². The molecule has 0 N–H and O–H groups in total. The Labute approximate surface area is 118 Å². The quantitative estimate of drug-likeness (QED) is 0.598. The van der Waals surface area contributed by atoms with Crippen LogP contribution in [0.15, 0.2) is 39.9 Å². The minimum absolute atomic E-state index is 0.0160. The van der Waals surface area contributed by atoms with E-state index < -0.39 is 4.92 Å². The predicted octanol–water partition coefficient (Wildman–Crippen LogP) is 0.662. The molecule has 0 fully saturated rings. The maximum atomic E-state index is 11.8. The van der Waals surface area contributed by atoms with Gasteiger partial charge in [-0.1, -0.05) is 0 Å². The molecule has 0 atom stereocenters. The van der Waals surface area contributed by atoms with E-state index in [-0.39, 0.29) is 30.1 Å². The molecule has 0 saturated carbocycles. The lowest BCUT2D eigenvalue weighted by molar-refractivity contribution is -0.384. The average molecular weight is 288 g/mol. The Kier molecular flexibility index (Phi) is 2.86. The van der Waals surface area contributed by atoms with Gasteiger partial charge in [-0.25, -0.2) is 9.36 Å². The van der Waals surface area contributed by atoms with Crippen LogP contribution < -0.4 is 16.0 Å². The molecule has 0 unspecified atom stereocenters. The second kappa shape index (κ2) is 4.58. The van der Waals surface area contributed by atoms with Gasteiger partial charge in [0, 0.05) is 30.0 Å². The summed E-state index contributed by atoms with van der Waals surface area (Å²) in [5.74, 6) is 0. The van der Waals surface area contributed by atoms with E-state index in [1.54, 1.807) is 13.0 Å². The molecule has 0 radical (unpaired) electrons. The number of nitro benzene ring substituents is 1. The predicted molar refractivity (Wildman–Crippen MR) is 75.3 cm³/mol. The molecule has 1 aromatic heterocycles. The van der Waals surface area contributed by atoms with Crippen molar-refractivity contribution in [2.45, 2.75) is 20.3 Å². The van der Waals surface area contributed by atoms with Crippen LogP contribution in [0.5, 0.6) is 0 Å². The minimum Gasteiger partial charge on any atom is -0.332 e. The molecule has 0 amide bonds. The monoisotopic (exact) mass is 288 g/mol. The number of anilines is 1. The number of rotatable bonds is 2. The van der Waals surface area contributed by atoms with Crippen molar-refractivity contribution < 1.29 is 4.92 Å². The van der Waals surface area contributed by atoms with Gasteiger partial charge in [-0.2, -0.15) is 0 Å². The van der Waals surface area contributed by atoms with E-state index >= 15 is 0 Å². The Bertz CT molecular complexity index is 813. The highest BCUT2D eigenvalue weighted by molar-refractivity contribution is 5.56. The Hall–Kier alpha value is -2.90. The molecule has 21 heavy (non-hydrogen) atoms. The molecule has 2 aromatic rings. The van der Waals surface area contributed by atoms with Crippen molar-refractivity contribution in [1.29, 1.82) is 0 Å². The highest BCUT2D eigenvalue weighted by Gasteiger charge is 2.22. The fourth-order valence-electron chi connectivity index (χ4n) is 2.47. The fraction of sp³-hybridized carbons (Fsp3) is 0.231. The molecule has 108 valence electrons. The maximum absolute atomic E-state index is 11.8. The first kappa shape index (κ1) is 13.1. The molecular weight excluding hydrogens is 276 g/mol. The summed E-state index contributed by atoms with van der Waals surface area (Å²) in [6, 6.07) is 7.01. The SMILES string of the molecule is Cc1cc([N+](=O)[O-])ccc1N1Cn2c(=O)ccc(=O)n2C1. The molecule has 3 rings (SSSR count). The van der Waals surface area contributed by atoms with Crippen LogP contribution in [0.25, 0.3) is 0 Å². The van der Waals surface area contributed by atoms with Gasteiger partial charge in [0.15, 0.2) is 0 Å². The van der Waals surface area contributed by atoms with Gasteiger partial charge in [-0.15, -0.1) is 0 Å². The van der Waals surface area contributed by atoms with E-state index in [2.05, 4.69) is 0 Å². The van der Waals surface area contributed by atoms with Gasteiger partial charge < -0.3 is 4.90 Å². The van der Waals surface area contributed by atoms with Gasteiger partial charge >= 0.3 is 0 Å². The van der Waals surface area contributed by atoms with Crippen LogP contribution in [0.2, 0.25) is 0 Å². The Morgan fingerprint density at radius 1 is 1.05 bits per heavy atom. The van der Waals surface area contributed by atoms with E-state index in [1.807, 2.05) is 4.90 Å². The first-order valence-corrected chi connectivity index (χ1v) is 6.28. The highest BCUT2D eigenvalue weighted by atomic mass is 16.6. The van der Waals surface area contributed by atoms with Gasteiger partial charge in [0.1, 0.15) is 13.3 Å². The lowest BCUT2D eigenvalue weighted by Crippen LogP contribution is -2.32. The first-order valence-electron chi connectivity index (χ1n) is 6.28. The number of non-ortho nitro benzene ring substituents is 1. The van der Waals surface area contributed by atoms with Crippen molar-refractivity contribution in [2.75, 3.05) is 4.90 Å². The van der Waals surface area contributed by atoms with Gasteiger partial charge in [0.25, 0.3) is 16.8 Å².